The molecule has 1 N–H and O–H groups in total. The highest BCUT2D eigenvalue weighted by Crippen LogP contribution is 2.25. The van der Waals surface area contributed by atoms with E-state index in [2.05, 4.69) is 4.98 Å². The van der Waals surface area contributed by atoms with Gasteiger partial charge in [-0.15, -0.1) is 0 Å². The summed E-state index contributed by atoms with van der Waals surface area (Å²) in [4.78, 5) is 6.27. The molecule has 2 rings (SSSR count). The van der Waals surface area contributed by atoms with Crippen LogP contribution in [0.2, 0.25) is 0 Å². The van der Waals surface area contributed by atoms with Crippen LogP contribution in [-0.2, 0) is 0 Å². The maximum absolute atomic E-state index is 9.44. The van der Waals surface area contributed by atoms with Crippen LogP contribution < -0.4 is 9.64 Å². The molecule has 1 aromatic carbocycles. The van der Waals surface area contributed by atoms with Gasteiger partial charge < -0.3 is 14.7 Å². The fourth-order valence-electron chi connectivity index (χ4n) is 1.80. The number of aliphatic hydroxyl groups excluding tert-OH is 1. The molecule has 0 aliphatic carbocycles. The predicted molar refractivity (Wildman–Crippen MR) is 75.9 cm³/mol. The second kappa shape index (κ2) is 5.71. The summed E-state index contributed by atoms with van der Waals surface area (Å²) in [5, 5.41) is 9.44. The highest BCUT2D eigenvalue weighted by atomic mass is 16.5. The number of aromatic nitrogens is 1. The molecule has 19 heavy (non-hydrogen) atoms. The van der Waals surface area contributed by atoms with Crippen LogP contribution in [-0.4, -0.2) is 24.2 Å². The van der Waals surface area contributed by atoms with Gasteiger partial charge in [-0.1, -0.05) is 0 Å². The van der Waals surface area contributed by atoms with Crippen molar-refractivity contribution in [2.75, 3.05) is 19.1 Å². The molecule has 0 fully saturated rings. The van der Waals surface area contributed by atoms with Gasteiger partial charge in [0.1, 0.15) is 5.75 Å². The summed E-state index contributed by atoms with van der Waals surface area (Å²) < 4.78 is 5.14. The van der Waals surface area contributed by atoms with Crippen molar-refractivity contribution >= 4 is 11.4 Å². The molecule has 4 nitrogen and oxygen atoms in total. The van der Waals surface area contributed by atoms with Gasteiger partial charge in [0.15, 0.2) is 0 Å². The third-order valence-electron chi connectivity index (χ3n) is 3.05. The number of ether oxygens (including phenoxy) is 1. The summed E-state index contributed by atoms with van der Waals surface area (Å²) >= 11 is 0. The summed E-state index contributed by atoms with van der Waals surface area (Å²) in [6.07, 6.45) is 1.21. The molecule has 4 heteroatoms. The van der Waals surface area contributed by atoms with Crippen molar-refractivity contribution in [1.29, 1.82) is 0 Å². The summed E-state index contributed by atoms with van der Waals surface area (Å²) in [6, 6.07) is 11.6. The molecule has 0 aliphatic heterocycles. The second-order valence-corrected chi connectivity index (χ2v) is 4.37. The molecule has 0 unspecified atom stereocenters. The largest absolute Gasteiger partial charge is 0.497 e. The van der Waals surface area contributed by atoms with Crippen molar-refractivity contribution in [3.05, 3.63) is 48.3 Å². The number of pyridine rings is 1. The SMILES string of the molecule is COc1ccc(N(C)c2ccc([C@@H](C)O)nc2)cc1. The van der Waals surface area contributed by atoms with E-state index >= 15 is 0 Å². The van der Waals surface area contributed by atoms with Gasteiger partial charge in [-0.05, 0) is 43.3 Å². The number of benzene rings is 1. The lowest BCUT2D eigenvalue weighted by Crippen LogP contribution is -2.10. The van der Waals surface area contributed by atoms with Gasteiger partial charge in [0, 0.05) is 12.7 Å². The van der Waals surface area contributed by atoms with Gasteiger partial charge in [-0.2, -0.15) is 0 Å². The maximum Gasteiger partial charge on any atom is 0.119 e. The van der Waals surface area contributed by atoms with Crippen molar-refractivity contribution in [3.8, 4) is 5.75 Å². The van der Waals surface area contributed by atoms with Crippen LogP contribution in [0.25, 0.3) is 0 Å². The number of aliphatic hydroxyl groups is 1. The van der Waals surface area contributed by atoms with Gasteiger partial charge in [0.2, 0.25) is 0 Å². The molecule has 0 saturated heterocycles. The van der Waals surface area contributed by atoms with Crippen LogP contribution in [0.5, 0.6) is 5.75 Å². The fraction of sp³-hybridized carbons (Fsp3) is 0.267. The zero-order valence-corrected chi connectivity index (χ0v) is 11.4. The topological polar surface area (TPSA) is 45.6 Å². The van der Waals surface area contributed by atoms with Crippen molar-refractivity contribution in [2.24, 2.45) is 0 Å². The lowest BCUT2D eigenvalue weighted by molar-refractivity contribution is 0.194. The van der Waals surface area contributed by atoms with E-state index in [4.69, 9.17) is 4.74 Å². The predicted octanol–water partition coefficient (Wildman–Crippen LogP) is 2.91. The molecule has 2 aromatic rings. The number of hydrogen-bond acceptors (Lipinski definition) is 4. The smallest absolute Gasteiger partial charge is 0.119 e. The van der Waals surface area contributed by atoms with Gasteiger partial charge in [-0.25, -0.2) is 0 Å². The zero-order chi connectivity index (χ0) is 13.8. The number of hydrogen-bond donors (Lipinski definition) is 1. The Morgan fingerprint density at radius 3 is 2.21 bits per heavy atom. The van der Waals surface area contributed by atoms with Crippen LogP contribution in [0.15, 0.2) is 42.6 Å². The van der Waals surface area contributed by atoms with E-state index in [0.29, 0.717) is 5.69 Å². The molecular formula is C15H18N2O2. The van der Waals surface area contributed by atoms with Gasteiger partial charge in [0.05, 0.1) is 30.8 Å². The van der Waals surface area contributed by atoms with E-state index in [1.54, 1.807) is 20.2 Å². The van der Waals surface area contributed by atoms with Crippen molar-refractivity contribution in [3.63, 3.8) is 0 Å². The normalized spacial score (nSPS) is 12.0. The van der Waals surface area contributed by atoms with E-state index in [9.17, 15) is 5.11 Å². The Bertz CT molecular complexity index is 521. The summed E-state index contributed by atoms with van der Waals surface area (Å²) in [6.45, 7) is 1.70. The Labute approximate surface area is 113 Å². The minimum absolute atomic E-state index is 0.541. The first kappa shape index (κ1) is 13.4. The average molecular weight is 258 g/mol. The van der Waals surface area contributed by atoms with Crippen LogP contribution >= 0.6 is 0 Å². The average Bonchev–Trinajstić information content (AvgIpc) is 2.46. The second-order valence-electron chi connectivity index (χ2n) is 4.37. The first-order valence-electron chi connectivity index (χ1n) is 6.13. The molecule has 1 atom stereocenters. The summed E-state index contributed by atoms with van der Waals surface area (Å²) in [5.74, 6) is 0.833. The molecule has 1 aromatic heterocycles. The quantitative estimate of drug-likeness (QED) is 0.916. The molecule has 1 heterocycles. The molecule has 100 valence electrons. The fourth-order valence-corrected chi connectivity index (χ4v) is 1.80. The lowest BCUT2D eigenvalue weighted by Gasteiger charge is -2.19. The summed E-state index contributed by atoms with van der Waals surface area (Å²) in [5.41, 5.74) is 2.69. The first-order chi connectivity index (χ1) is 9.11. The van der Waals surface area contributed by atoms with Gasteiger partial charge in [0.25, 0.3) is 0 Å². The molecule has 0 saturated carbocycles. The number of rotatable bonds is 4. The number of nitrogens with zero attached hydrogens (tertiary/aromatic N) is 2. The molecule has 0 aliphatic rings. The number of anilines is 2. The first-order valence-corrected chi connectivity index (χ1v) is 6.13. The van der Waals surface area contributed by atoms with Crippen LogP contribution in [0, 0.1) is 0 Å². The van der Waals surface area contributed by atoms with Crippen molar-refractivity contribution in [1.82, 2.24) is 4.98 Å². The van der Waals surface area contributed by atoms with Crippen molar-refractivity contribution in [2.45, 2.75) is 13.0 Å². The maximum atomic E-state index is 9.44. The lowest BCUT2D eigenvalue weighted by atomic mass is 10.2. The molecule has 0 radical (unpaired) electrons. The Balaban J connectivity index is 2.20. The Morgan fingerprint density at radius 2 is 1.74 bits per heavy atom. The van der Waals surface area contributed by atoms with Crippen molar-refractivity contribution < 1.29 is 9.84 Å². The zero-order valence-electron chi connectivity index (χ0n) is 11.4. The third kappa shape index (κ3) is 3.03. The molecule has 0 amide bonds. The minimum Gasteiger partial charge on any atom is -0.497 e. The van der Waals surface area contributed by atoms with Crippen LogP contribution in [0.1, 0.15) is 18.7 Å². The van der Waals surface area contributed by atoms with Crippen LogP contribution in [0.3, 0.4) is 0 Å². The minimum atomic E-state index is -0.541. The highest BCUT2D eigenvalue weighted by Gasteiger charge is 2.06. The Kier molecular flexibility index (Phi) is 4.02. The van der Waals surface area contributed by atoms with Gasteiger partial charge in [-0.3, -0.25) is 4.98 Å². The van der Waals surface area contributed by atoms with Gasteiger partial charge >= 0.3 is 0 Å². The van der Waals surface area contributed by atoms with E-state index in [0.717, 1.165) is 17.1 Å². The van der Waals surface area contributed by atoms with E-state index in [1.807, 2.05) is 48.3 Å². The van der Waals surface area contributed by atoms with E-state index in [1.165, 1.54) is 0 Å². The Hall–Kier alpha value is -2.07. The summed E-state index contributed by atoms with van der Waals surface area (Å²) in [7, 11) is 3.62. The van der Waals surface area contributed by atoms with E-state index < -0.39 is 6.10 Å². The molecular weight excluding hydrogens is 240 g/mol. The monoisotopic (exact) mass is 258 g/mol. The Morgan fingerprint density at radius 1 is 1.11 bits per heavy atom. The third-order valence-corrected chi connectivity index (χ3v) is 3.05. The van der Waals surface area contributed by atoms with E-state index in [-0.39, 0.29) is 0 Å². The standard InChI is InChI=1S/C15H18N2O2/c1-11(18)15-9-6-13(10-16-15)17(2)12-4-7-14(19-3)8-5-12/h4-11,18H,1-3H3/t11-/m1/s1. The van der Waals surface area contributed by atoms with Crippen LogP contribution in [0.4, 0.5) is 11.4 Å². The molecule has 0 spiro atoms. The highest BCUT2D eigenvalue weighted by molar-refractivity contribution is 5.62. The number of methoxy groups -OCH3 is 1. The molecule has 0 bridgehead atoms.